The third-order valence-electron chi connectivity index (χ3n) is 0.671. The average molecular weight is 323 g/mol. The van der Waals surface area contributed by atoms with Gasteiger partial charge in [0.1, 0.15) is 0 Å². The van der Waals surface area contributed by atoms with Crippen LogP contribution in [0.15, 0.2) is 0 Å². The van der Waals surface area contributed by atoms with E-state index in [0.29, 0.717) is 6.25 Å². The van der Waals surface area contributed by atoms with Gasteiger partial charge in [0.15, 0.2) is 0 Å². The molecule has 0 N–H and O–H groups in total. The van der Waals surface area contributed by atoms with Crippen molar-refractivity contribution >= 4 is 23.2 Å². The predicted molar refractivity (Wildman–Crippen MR) is 45.2 cm³/mol. The zero-order valence-electron chi connectivity index (χ0n) is 7.45. The molecule has 0 bridgehead atoms. The van der Waals surface area contributed by atoms with Gasteiger partial charge in [-0.3, -0.25) is 0 Å². The fourth-order valence-corrected chi connectivity index (χ4v) is 8.83. The molecule has 0 aromatic heterocycles. The Labute approximate surface area is 71.0 Å². The van der Waals surface area contributed by atoms with Crippen molar-refractivity contribution in [2.45, 2.75) is 47.8 Å². The molecule has 0 aromatic carbocycles. The van der Waals surface area contributed by atoms with Gasteiger partial charge in [-0.1, -0.05) is 0 Å². The SMILES string of the molecule is C[C](C)(C)[Bi+][C](C)(C)C. The van der Waals surface area contributed by atoms with Crippen molar-refractivity contribution in [3.8, 4) is 0 Å². The van der Waals surface area contributed by atoms with Gasteiger partial charge in [0, 0.05) is 0 Å². The van der Waals surface area contributed by atoms with E-state index < -0.39 is 0 Å². The van der Waals surface area contributed by atoms with Gasteiger partial charge in [-0.15, -0.1) is 0 Å². The van der Waals surface area contributed by atoms with Crippen LogP contribution in [0.3, 0.4) is 0 Å². The van der Waals surface area contributed by atoms with Crippen molar-refractivity contribution in [1.82, 2.24) is 0 Å². The van der Waals surface area contributed by atoms with Crippen LogP contribution in [0.25, 0.3) is 0 Å². The van der Waals surface area contributed by atoms with E-state index in [1.54, 1.807) is 0 Å². The van der Waals surface area contributed by atoms with Gasteiger partial charge in [0.25, 0.3) is 0 Å². The van der Waals surface area contributed by atoms with E-state index in [1.807, 2.05) is 0 Å². The first-order valence-electron chi connectivity index (χ1n) is 3.45. The standard InChI is InChI=1S/2C4H9.Bi/c2*1-4(2)3;/h2*1-3H3;/q;;+1. The summed E-state index contributed by atoms with van der Waals surface area (Å²) in [6.07, 6.45) is 0. The summed E-state index contributed by atoms with van der Waals surface area (Å²) in [5.74, 6) is 0. The van der Waals surface area contributed by atoms with Crippen molar-refractivity contribution in [2.24, 2.45) is 0 Å². The minimum atomic E-state index is -0.273. The normalized spacial score (nSPS) is 14.0. The molecule has 1 heteroatoms. The Bertz CT molecular complexity index is 69.7. The topological polar surface area (TPSA) is 0 Å². The summed E-state index contributed by atoms with van der Waals surface area (Å²) in [7, 11) is 0. The number of rotatable bonds is 0. The predicted octanol–water partition coefficient (Wildman–Crippen LogP) is 3.13. The van der Waals surface area contributed by atoms with Gasteiger partial charge in [-0.05, 0) is 0 Å². The Morgan fingerprint density at radius 2 is 0.889 bits per heavy atom. The Balaban J connectivity index is 3.75. The van der Waals surface area contributed by atoms with Crippen molar-refractivity contribution in [3.05, 3.63) is 0 Å². The fraction of sp³-hybridized carbons (Fsp3) is 1.00. The summed E-state index contributed by atoms with van der Waals surface area (Å²) >= 11 is -0.273. The first-order valence-corrected chi connectivity index (χ1v) is 6.92. The van der Waals surface area contributed by atoms with E-state index in [1.165, 1.54) is 0 Å². The average Bonchev–Trinajstić information content (AvgIpc) is 1.14. The van der Waals surface area contributed by atoms with E-state index in [0.717, 1.165) is 0 Å². The molecule has 0 nitrogen and oxygen atoms in total. The molecule has 0 aliphatic carbocycles. The summed E-state index contributed by atoms with van der Waals surface area (Å²) < 4.78 is 1.33. The second-order valence-corrected chi connectivity index (χ2v) is 15.8. The Morgan fingerprint density at radius 3 is 0.889 bits per heavy atom. The van der Waals surface area contributed by atoms with Crippen LogP contribution in [0.2, 0.25) is 6.25 Å². The van der Waals surface area contributed by atoms with Crippen LogP contribution in [-0.2, 0) is 0 Å². The Kier molecular flexibility index (Phi) is 3.15. The molecule has 0 heterocycles. The van der Waals surface area contributed by atoms with Gasteiger partial charge in [-0.25, -0.2) is 0 Å². The summed E-state index contributed by atoms with van der Waals surface area (Å²) in [4.78, 5) is 0. The molecule has 0 spiro atoms. The summed E-state index contributed by atoms with van der Waals surface area (Å²) in [5.41, 5.74) is 0. The van der Waals surface area contributed by atoms with Gasteiger partial charge in [-0.2, -0.15) is 0 Å². The summed E-state index contributed by atoms with van der Waals surface area (Å²) in [6, 6.07) is 0. The first kappa shape index (κ1) is 9.88. The summed E-state index contributed by atoms with van der Waals surface area (Å²) in [5, 5.41) is 0. The third kappa shape index (κ3) is 8.88. The molecule has 0 aliphatic heterocycles. The van der Waals surface area contributed by atoms with Crippen LogP contribution in [-0.4, -0.2) is 23.2 Å². The van der Waals surface area contributed by atoms with Gasteiger partial charge >= 0.3 is 71.0 Å². The molecule has 0 saturated heterocycles. The maximum atomic E-state index is 2.37. The molecule has 2 radical (unpaired) electrons. The third-order valence-corrected chi connectivity index (χ3v) is 5.89. The molecule has 0 amide bonds. The zero-order chi connectivity index (χ0) is 7.71. The van der Waals surface area contributed by atoms with Crippen molar-refractivity contribution in [2.75, 3.05) is 0 Å². The van der Waals surface area contributed by atoms with Crippen molar-refractivity contribution < 1.29 is 0 Å². The van der Waals surface area contributed by atoms with Crippen molar-refractivity contribution in [3.63, 3.8) is 0 Å². The molecular weight excluding hydrogens is 305 g/mol. The number of hydrogen-bond donors (Lipinski definition) is 0. The van der Waals surface area contributed by atoms with Crippen LogP contribution in [0.4, 0.5) is 0 Å². The van der Waals surface area contributed by atoms with E-state index in [9.17, 15) is 0 Å². The molecule has 0 aromatic rings. The van der Waals surface area contributed by atoms with Gasteiger partial charge < -0.3 is 0 Å². The molecule has 0 aliphatic rings. The van der Waals surface area contributed by atoms with E-state index >= 15 is 0 Å². The second kappa shape index (κ2) is 2.86. The van der Waals surface area contributed by atoms with Crippen LogP contribution < -0.4 is 0 Å². The van der Waals surface area contributed by atoms with Crippen LogP contribution >= 0.6 is 0 Å². The molecule has 0 unspecified atom stereocenters. The molecule has 0 saturated carbocycles. The molecule has 54 valence electrons. The first-order chi connectivity index (χ1) is 3.71. The van der Waals surface area contributed by atoms with E-state index in [-0.39, 0.29) is 23.2 Å². The zero-order valence-corrected chi connectivity index (χ0v) is 10.9. The van der Waals surface area contributed by atoms with Crippen molar-refractivity contribution in [1.29, 1.82) is 0 Å². The molecule has 0 rings (SSSR count). The monoisotopic (exact) mass is 323 g/mol. The second-order valence-electron chi connectivity index (χ2n) is 4.45. The van der Waals surface area contributed by atoms with E-state index in [4.69, 9.17) is 0 Å². The quantitative estimate of drug-likeness (QED) is 0.601. The molecular formula is C8H18Bi+. The molecule has 9 heavy (non-hydrogen) atoms. The van der Waals surface area contributed by atoms with Crippen LogP contribution in [0, 0.1) is 0 Å². The molecule has 0 atom stereocenters. The maximum absolute atomic E-state index is 2.37. The summed E-state index contributed by atoms with van der Waals surface area (Å²) in [6.45, 7) is 14.2. The fourth-order valence-electron chi connectivity index (χ4n) is 1.01. The Morgan fingerprint density at radius 1 is 0.667 bits per heavy atom. The number of hydrogen-bond acceptors (Lipinski definition) is 0. The van der Waals surface area contributed by atoms with Crippen LogP contribution in [0.1, 0.15) is 41.5 Å². The Hall–Kier alpha value is 0.883. The van der Waals surface area contributed by atoms with Crippen LogP contribution in [0.5, 0.6) is 0 Å². The van der Waals surface area contributed by atoms with Gasteiger partial charge in [0.05, 0.1) is 0 Å². The molecule has 0 fully saturated rings. The van der Waals surface area contributed by atoms with Gasteiger partial charge in [0.2, 0.25) is 0 Å². The van der Waals surface area contributed by atoms with E-state index in [2.05, 4.69) is 41.5 Å². The minimum absolute atomic E-state index is 0.273.